The Kier molecular flexibility index (Phi) is 3.71. The van der Waals surface area contributed by atoms with Crippen molar-refractivity contribution < 1.29 is 13.2 Å². The number of pyridine rings is 1. The highest BCUT2D eigenvalue weighted by Crippen LogP contribution is 2.34. The number of nitrogens with zero attached hydrogens (tertiary/aromatic N) is 4. The largest absolute Gasteiger partial charge is 0.416 e. The molecule has 1 aliphatic rings. The zero-order chi connectivity index (χ0) is 18.5. The lowest BCUT2D eigenvalue weighted by Crippen LogP contribution is -2.34. The first-order valence-corrected chi connectivity index (χ1v) is 8.10. The molecule has 0 spiro atoms. The van der Waals surface area contributed by atoms with E-state index in [1.807, 2.05) is 4.90 Å². The summed E-state index contributed by atoms with van der Waals surface area (Å²) < 4.78 is 40.1. The maximum absolute atomic E-state index is 12.9. The van der Waals surface area contributed by atoms with Gasteiger partial charge in [0.25, 0.3) is 5.56 Å². The highest BCUT2D eigenvalue weighted by molar-refractivity contribution is 5.92. The van der Waals surface area contributed by atoms with Gasteiger partial charge in [0.2, 0.25) is 0 Å². The van der Waals surface area contributed by atoms with Crippen LogP contribution in [0.25, 0.3) is 10.9 Å². The molecule has 0 amide bonds. The number of halogens is 3. The molecule has 5 nitrogen and oxygen atoms in total. The molecule has 4 rings (SSSR count). The Morgan fingerprint density at radius 2 is 1.96 bits per heavy atom. The Hall–Kier alpha value is -2.90. The van der Waals surface area contributed by atoms with Gasteiger partial charge in [0.05, 0.1) is 16.8 Å². The molecule has 1 aliphatic heterocycles. The second kappa shape index (κ2) is 5.82. The lowest BCUT2D eigenvalue weighted by Gasteiger charge is -2.31. The average molecular weight is 360 g/mol. The van der Waals surface area contributed by atoms with E-state index >= 15 is 0 Å². The van der Waals surface area contributed by atoms with Gasteiger partial charge in [-0.15, -0.1) is 0 Å². The van der Waals surface area contributed by atoms with Crippen LogP contribution in [0.3, 0.4) is 0 Å². The van der Waals surface area contributed by atoms with Crippen LogP contribution in [0.2, 0.25) is 0 Å². The van der Waals surface area contributed by atoms with Crippen molar-refractivity contribution in [2.24, 2.45) is 7.05 Å². The van der Waals surface area contributed by atoms with Gasteiger partial charge in [-0.1, -0.05) is 6.07 Å². The maximum atomic E-state index is 12.9. The topological polar surface area (TPSA) is 51.0 Å². The molecule has 0 atom stereocenters. The minimum absolute atomic E-state index is 0.181. The summed E-state index contributed by atoms with van der Waals surface area (Å²) in [7, 11) is 1.61. The molecular weight excluding hydrogens is 345 g/mol. The smallest absolute Gasteiger partial charge is 0.366 e. The minimum atomic E-state index is -4.40. The molecule has 8 heteroatoms. The zero-order valence-corrected chi connectivity index (χ0v) is 13.9. The lowest BCUT2D eigenvalue weighted by molar-refractivity contribution is -0.137. The molecule has 1 aromatic carbocycles. The molecule has 0 unspecified atom stereocenters. The SMILES string of the molecule is Cn1nc2c(cc1=O)CN(c1ccnc3cc(C(F)(F)F)ccc13)CC2. The van der Waals surface area contributed by atoms with Crippen molar-refractivity contribution in [3.05, 3.63) is 63.7 Å². The maximum Gasteiger partial charge on any atom is 0.416 e. The molecule has 0 saturated heterocycles. The van der Waals surface area contributed by atoms with Crippen molar-refractivity contribution in [1.29, 1.82) is 0 Å². The summed E-state index contributed by atoms with van der Waals surface area (Å²) in [5.41, 5.74) is 1.92. The number of alkyl halides is 3. The van der Waals surface area contributed by atoms with Crippen LogP contribution >= 0.6 is 0 Å². The number of hydrogen-bond donors (Lipinski definition) is 0. The summed E-state index contributed by atoms with van der Waals surface area (Å²) in [6, 6.07) is 6.95. The van der Waals surface area contributed by atoms with Crippen molar-refractivity contribution in [3.8, 4) is 0 Å². The van der Waals surface area contributed by atoms with E-state index in [0.717, 1.165) is 29.1 Å². The molecule has 134 valence electrons. The Morgan fingerprint density at radius 1 is 1.15 bits per heavy atom. The Balaban J connectivity index is 1.75. The molecule has 3 heterocycles. The third kappa shape index (κ3) is 2.81. The van der Waals surface area contributed by atoms with Gasteiger partial charge in [-0.3, -0.25) is 9.78 Å². The number of hydrogen-bond acceptors (Lipinski definition) is 4. The molecular formula is C18H15F3N4O. The number of anilines is 1. The first kappa shape index (κ1) is 16.6. The number of rotatable bonds is 1. The molecule has 0 saturated carbocycles. The molecule has 0 N–H and O–H groups in total. The van der Waals surface area contributed by atoms with Crippen LogP contribution < -0.4 is 10.5 Å². The predicted molar refractivity (Wildman–Crippen MR) is 91.0 cm³/mol. The molecule has 3 aromatic rings. The van der Waals surface area contributed by atoms with Gasteiger partial charge in [-0.05, 0) is 18.2 Å². The lowest BCUT2D eigenvalue weighted by atomic mass is 10.0. The molecule has 26 heavy (non-hydrogen) atoms. The van der Waals surface area contributed by atoms with Crippen LogP contribution in [-0.2, 0) is 26.2 Å². The number of benzene rings is 1. The Bertz CT molecular complexity index is 1060. The highest BCUT2D eigenvalue weighted by Gasteiger charge is 2.31. The van der Waals surface area contributed by atoms with Crippen LogP contribution in [-0.4, -0.2) is 21.3 Å². The first-order chi connectivity index (χ1) is 12.3. The molecule has 0 bridgehead atoms. The summed E-state index contributed by atoms with van der Waals surface area (Å²) >= 11 is 0. The van der Waals surface area contributed by atoms with E-state index in [1.54, 1.807) is 19.2 Å². The highest BCUT2D eigenvalue weighted by atomic mass is 19.4. The molecule has 0 aliphatic carbocycles. The van der Waals surface area contributed by atoms with Gasteiger partial charge in [-0.25, -0.2) is 4.68 Å². The second-order valence-electron chi connectivity index (χ2n) is 6.31. The third-order valence-electron chi connectivity index (χ3n) is 4.63. The summed E-state index contributed by atoms with van der Waals surface area (Å²) in [6.07, 6.45) is -2.23. The fourth-order valence-electron chi connectivity index (χ4n) is 3.28. The van der Waals surface area contributed by atoms with E-state index in [9.17, 15) is 18.0 Å². The summed E-state index contributed by atoms with van der Waals surface area (Å²) in [5.74, 6) is 0. The summed E-state index contributed by atoms with van der Waals surface area (Å²) in [4.78, 5) is 18.0. The van der Waals surface area contributed by atoms with E-state index in [4.69, 9.17) is 0 Å². The van der Waals surface area contributed by atoms with E-state index in [1.165, 1.54) is 16.9 Å². The van der Waals surface area contributed by atoms with Crippen molar-refractivity contribution >= 4 is 16.6 Å². The quantitative estimate of drug-likeness (QED) is 0.670. The van der Waals surface area contributed by atoms with Gasteiger partial charge in [-0.2, -0.15) is 18.3 Å². The van der Waals surface area contributed by atoms with Crippen LogP contribution in [0.15, 0.2) is 41.3 Å². The third-order valence-corrected chi connectivity index (χ3v) is 4.63. The van der Waals surface area contributed by atoms with Gasteiger partial charge in [0.1, 0.15) is 0 Å². The van der Waals surface area contributed by atoms with Crippen LogP contribution in [0.4, 0.5) is 18.9 Å². The van der Waals surface area contributed by atoms with Crippen molar-refractivity contribution in [3.63, 3.8) is 0 Å². The number of fused-ring (bicyclic) bond motifs is 2. The van der Waals surface area contributed by atoms with Crippen molar-refractivity contribution in [2.75, 3.05) is 11.4 Å². The molecule has 0 fully saturated rings. The van der Waals surface area contributed by atoms with Crippen molar-refractivity contribution in [1.82, 2.24) is 14.8 Å². The number of aromatic nitrogens is 3. The Morgan fingerprint density at radius 3 is 2.73 bits per heavy atom. The van der Waals surface area contributed by atoms with Gasteiger partial charge < -0.3 is 4.90 Å². The summed E-state index contributed by atoms with van der Waals surface area (Å²) in [5, 5.41) is 4.94. The van der Waals surface area contributed by atoms with E-state index in [2.05, 4.69) is 10.1 Å². The van der Waals surface area contributed by atoms with Crippen LogP contribution in [0.5, 0.6) is 0 Å². The van der Waals surface area contributed by atoms with Gasteiger partial charge in [0, 0.05) is 55.5 Å². The second-order valence-corrected chi connectivity index (χ2v) is 6.31. The molecule has 2 aromatic heterocycles. The standard InChI is InChI=1S/C18H15F3N4O/c1-24-17(26)8-11-10-25(7-5-14(11)23-24)16-4-6-22-15-9-12(18(19,20)21)2-3-13(15)16/h2-4,6,8-9H,5,7,10H2,1H3. The first-order valence-electron chi connectivity index (χ1n) is 8.10. The van der Waals surface area contributed by atoms with Crippen LogP contribution in [0, 0.1) is 0 Å². The Labute approximate surface area is 146 Å². The van der Waals surface area contributed by atoms with E-state index in [-0.39, 0.29) is 5.56 Å². The van der Waals surface area contributed by atoms with E-state index < -0.39 is 11.7 Å². The summed E-state index contributed by atoms with van der Waals surface area (Å²) in [6.45, 7) is 1.15. The van der Waals surface area contributed by atoms with Crippen molar-refractivity contribution in [2.45, 2.75) is 19.1 Å². The monoisotopic (exact) mass is 360 g/mol. The van der Waals surface area contributed by atoms with E-state index in [0.29, 0.717) is 30.4 Å². The van der Waals surface area contributed by atoms with Gasteiger partial charge in [0.15, 0.2) is 0 Å². The predicted octanol–water partition coefficient (Wildman–Crippen LogP) is 2.91. The van der Waals surface area contributed by atoms with Crippen LogP contribution in [0.1, 0.15) is 16.8 Å². The average Bonchev–Trinajstić information content (AvgIpc) is 2.60. The molecule has 0 radical (unpaired) electrons. The minimum Gasteiger partial charge on any atom is -0.366 e. The fraction of sp³-hybridized carbons (Fsp3) is 0.278. The normalized spacial score (nSPS) is 14.5. The zero-order valence-electron chi connectivity index (χ0n) is 13.9. The van der Waals surface area contributed by atoms with Gasteiger partial charge >= 0.3 is 6.18 Å². The number of aryl methyl sites for hydroxylation is 1. The fourth-order valence-corrected chi connectivity index (χ4v) is 3.28.